The molecule has 110 valence electrons. The van der Waals surface area contributed by atoms with Gasteiger partial charge in [-0.2, -0.15) is 0 Å². The summed E-state index contributed by atoms with van der Waals surface area (Å²) in [6, 6.07) is 6.46. The standard InChI is InChI=1S/C14H19NO4S/c1-3-15(4-2)14(13(16)17)9-10-20(18,19)12-8-6-5-7-11(12)14/h5-8H,3-4,9-10H2,1-2H3,(H,16,17). The number of carboxylic acid groups (broad SMARTS) is 1. The summed E-state index contributed by atoms with van der Waals surface area (Å²) in [6.45, 7) is 4.88. The van der Waals surface area contributed by atoms with Crippen molar-refractivity contribution in [2.75, 3.05) is 18.8 Å². The molecule has 1 unspecified atom stereocenters. The fourth-order valence-corrected chi connectivity index (χ4v) is 4.70. The van der Waals surface area contributed by atoms with Crippen LogP contribution in [-0.2, 0) is 20.2 Å². The van der Waals surface area contributed by atoms with Crippen LogP contribution in [0.3, 0.4) is 0 Å². The number of likely N-dealkylation sites (N-methyl/N-ethyl adjacent to an activating group) is 1. The predicted octanol–water partition coefficient (Wildman–Crippen LogP) is 1.49. The SMILES string of the molecule is CCN(CC)C1(C(=O)O)CCS(=O)(=O)c2ccccc21. The maximum atomic E-state index is 12.2. The molecule has 0 saturated heterocycles. The van der Waals surface area contributed by atoms with Crippen LogP contribution >= 0.6 is 0 Å². The average molecular weight is 297 g/mol. The Bertz CT molecular complexity index is 622. The number of sulfone groups is 1. The average Bonchev–Trinajstić information content (AvgIpc) is 2.42. The molecule has 20 heavy (non-hydrogen) atoms. The number of carboxylic acids is 1. The lowest BCUT2D eigenvalue weighted by atomic mass is 9.84. The Balaban J connectivity index is 2.76. The van der Waals surface area contributed by atoms with Gasteiger partial charge in [0.15, 0.2) is 9.84 Å². The van der Waals surface area contributed by atoms with Crippen molar-refractivity contribution in [3.8, 4) is 0 Å². The van der Waals surface area contributed by atoms with E-state index in [-0.39, 0.29) is 17.1 Å². The van der Waals surface area contributed by atoms with Crippen molar-refractivity contribution >= 4 is 15.8 Å². The third kappa shape index (κ3) is 2.03. The van der Waals surface area contributed by atoms with E-state index in [1.807, 2.05) is 18.7 Å². The third-order valence-corrected chi connectivity index (χ3v) is 5.83. The van der Waals surface area contributed by atoms with Crippen LogP contribution in [0.1, 0.15) is 25.8 Å². The fourth-order valence-electron chi connectivity index (χ4n) is 3.06. The first-order valence-electron chi connectivity index (χ1n) is 6.71. The van der Waals surface area contributed by atoms with E-state index in [0.717, 1.165) is 0 Å². The number of rotatable bonds is 4. The number of carbonyl (C=O) groups is 1. The van der Waals surface area contributed by atoms with E-state index in [1.165, 1.54) is 6.07 Å². The molecule has 1 N–H and O–H groups in total. The number of hydrogen-bond donors (Lipinski definition) is 1. The van der Waals surface area contributed by atoms with Crippen LogP contribution in [-0.4, -0.2) is 43.2 Å². The largest absolute Gasteiger partial charge is 0.480 e. The highest BCUT2D eigenvalue weighted by atomic mass is 32.2. The Hall–Kier alpha value is -1.40. The van der Waals surface area contributed by atoms with Gasteiger partial charge < -0.3 is 5.11 Å². The van der Waals surface area contributed by atoms with Crippen molar-refractivity contribution in [1.29, 1.82) is 0 Å². The molecule has 1 aromatic rings. The molecular formula is C14H19NO4S. The molecule has 6 heteroatoms. The second-order valence-electron chi connectivity index (χ2n) is 4.90. The lowest BCUT2D eigenvalue weighted by Crippen LogP contribution is -2.55. The molecule has 1 heterocycles. The van der Waals surface area contributed by atoms with Gasteiger partial charge in [0, 0.05) is 5.56 Å². The minimum atomic E-state index is -3.39. The first kappa shape index (κ1) is 15.0. The van der Waals surface area contributed by atoms with Gasteiger partial charge in [-0.3, -0.25) is 4.90 Å². The highest BCUT2D eigenvalue weighted by Gasteiger charge is 2.50. The summed E-state index contributed by atoms with van der Waals surface area (Å²) in [7, 11) is -3.39. The van der Waals surface area contributed by atoms with E-state index in [9.17, 15) is 18.3 Å². The van der Waals surface area contributed by atoms with Crippen LogP contribution in [0.5, 0.6) is 0 Å². The van der Waals surface area contributed by atoms with Gasteiger partial charge in [0.1, 0.15) is 5.54 Å². The zero-order chi connectivity index (χ0) is 15.0. The van der Waals surface area contributed by atoms with Crippen molar-refractivity contribution in [3.63, 3.8) is 0 Å². The molecule has 0 saturated carbocycles. The molecule has 5 nitrogen and oxygen atoms in total. The predicted molar refractivity (Wildman–Crippen MR) is 75.3 cm³/mol. The van der Waals surface area contributed by atoms with E-state index in [1.54, 1.807) is 18.2 Å². The lowest BCUT2D eigenvalue weighted by molar-refractivity contribution is -0.153. The smallest absolute Gasteiger partial charge is 0.328 e. The van der Waals surface area contributed by atoms with Crippen LogP contribution in [0.25, 0.3) is 0 Å². The van der Waals surface area contributed by atoms with Crippen molar-refractivity contribution in [1.82, 2.24) is 4.90 Å². The van der Waals surface area contributed by atoms with Gasteiger partial charge in [-0.25, -0.2) is 13.2 Å². The second-order valence-corrected chi connectivity index (χ2v) is 6.98. The van der Waals surface area contributed by atoms with Crippen LogP contribution < -0.4 is 0 Å². The Labute approximate surface area is 119 Å². The van der Waals surface area contributed by atoms with Crippen LogP contribution in [0.2, 0.25) is 0 Å². The van der Waals surface area contributed by atoms with E-state index in [4.69, 9.17) is 0 Å². The zero-order valence-corrected chi connectivity index (χ0v) is 12.5. The van der Waals surface area contributed by atoms with E-state index < -0.39 is 21.3 Å². The number of benzene rings is 1. The molecule has 0 aromatic heterocycles. The summed E-state index contributed by atoms with van der Waals surface area (Å²) < 4.78 is 24.3. The first-order chi connectivity index (χ1) is 9.40. The minimum absolute atomic E-state index is 0.0867. The van der Waals surface area contributed by atoms with Crippen LogP contribution in [0, 0.1) is 0 Å². The van der Waals surface area contributed by atoms with Gasteiger partial charge in [-0.15, -0.1) is 0 Å². The van der Waals surface area contributed by atoms with Gasteiger partial charge in [0.2, 0.25) is 0 Å². The molecule has 0 bridgehead atoms. The molecule has 1 aliphatic heterocycles. The van der Waals surface area contributed by atoms with Crippen LogP contribution in [0.15, 0.2) is 29.2 Å². The number of nitrogens with zero attached hydrogens (tertiary/aromatic N) is 1. The lowest BCUT2D eigenvalue weighted by Gasteiger charge is -2.43. The topological polar surface area (TPSA) is 74.7 Å². The van der Waals surface area contributed by atoms with E-state index >= 15 is 0 Å². The van der Waals surface area contributed by atoms with Gasteiger partial charge in [0.25, 0.3) is 0 Å². The second kappa shape index (κ2) is 5.18. The normalized spacial score (nSPS) is 24.4. The van der Waals surface area contributed by atoms with Gasteiger partial charge in [-0.05, 0) is 25.6 Å². The minimum Gasteiger partial charge on any atom is -0.480 e. The molecule has 0 radical (unpaired) electrons. The van der Waals surface area contributed by atoms with Crippen LogP contribution in [0.4, 0.5) is 0 Å². The number of hydrogen-bond acceptors (Lipinski definition) is 4. The van der Waals surface area contributed by atoms with Crippen molar-refractivity contribution in [3.05, 3.63) is 29.8 Å². The van der Waals surface area contributed by atoms with E-state index in [0.29, 0.717) is 18.7 Å². The monoisotopic (exact) mass is 297 g/mol. The summed E-state index contributed by atoms with van der Waals surface area (Å²) in [5.74, 6) is -1.11. The Morgan fingerprint density at radius 3 is 2.45 bits per heavy atom. The summed E-state index contributed by atoms with van der Waals surface area (Å²) in [4.78, 5) is 13.9. The molecule has 0 aliphatic carbocycles. The summed E-state index contributed by atoms with van der Waals surface area (Å²) in [5, 5.41) is 9.80. The fraction of sp³-hybridized carbons (Fsp3) is 0.500. The quantitative estimate of drug-likeness (QED) is 0.911. The maximum Gasteiger partial charge on any atom is 0.328 e. The summed E-state index contributed by atoms with van der Waals surface area (Å²) in [6.07, 6.45) is 0.0867. The van der Waals surface area contributed by atoms with Gasteiger partial charge in [-0.1, -0.05) is 32.0 Å². The molecule has 2 rings (SSSR count). The summed E-state index contributed by atoms with van der Waals surface area (Å²) >= 11 is 0. The molecule has 0 fully saturated rings. The summed E-state index contributed by atoms with van der Waals surface area (Å²) in [5.41, 5.74) is -0.853. The number of fused-ring (bicyclic) bond motifs is 1. The maximum absolute atomic E-state index is 12.2. The van der Waals surface area contributed by atoms with Crippen molar-refractivity contribution in [2.45, 2.75) is 30.7 Å². The molecule has 0 amide bonds. The van der Waals surface area contributed by atoms with Crippen molar-refractivity contribution < 1.29 is 18.3 Å². The number of aliphatic carboxylic acids is 1. The molecular weight excluding hydrogens is 278 g/mol. The highest BCUT2D eigenvalue weighted by molar-refractivity contribution is 7.91. The highest BCUT2D eigenvalue weighted by Crippen LogP contribution is 2.41. The Kier molecular flexibility index (Phi) is 3.88. The molecule has 1 atom stereocenters. The first-order valence-corrected chi connectivity index (χ1v) is 8.36. The Morgan fingerprint density at radius 1 is 1.30 bits per heavy atom. The molecule has 0 spiro atoms. The third-order valence-electron chi connectivity index (χ3n) is 4.06. The van der Waals surface area contributed by atoms with Gasteiger partial charge in [0.05, 0.1) is 10.6 Å². The van der Waals surface area contributed by atoms with Crippen molar-refractivity contribution in [2.24, 2.45) is 0 Å². The zero-order valence-electron chi connectivity index (χ0n) is 11.7. The molecule has 1 aliphatic rings. The Morgan fingerprint density at radius 2 is 1.90 bits per heavy atom. The van der Waals surface area contributed by atoms with Gasteiger partial charge >= 0.3 is 5.97 Å². The molecule has 1 aromatic carbocycles. The van der Waals surface area contributed by atoms with E-state index in [2.05, 4.69) is 0 Å².